The van der Waals surface area contributed by atoms with Crippen molar-refractivity contribution in [3.05, 3.63) is 0 Å². The molecule has 1 atom stereocenters. The highest BCUT2D eigenvalue weighted by Gasteiger charge is 2.18. The molecule has 0 saturated carbocycles. The first kappa shape index (κ1) is 14.5. The van der Waals surface area contributed by atoms with E-state index in [1.807, 2.05) is 13.8 Å². The highest BCUT2D eigenvalue weighted by molar-refractivity contribution is 4.92. The fourth-order valence-corrected chi connectivity index (χ4v) is 1.44. The van der Waals surface area contributed by atoms with Crippen molar-refractivity contribution >= 4 is 0 Å². The summed E-state index contributed by atoms with van der Waals surface area (Å²) in [6.45, 7) is 14.0. The summed E-state index contributed by atoms with van der Waals surface area (Å²) in [4.78, 5) is 2.45. The standard InChI is InChI=1S/C13H26N2/c1-6-12(3)10-15(7-2)9-8-13(4,5)11-14/h12H,6-10H2,1-5H3. The second-order valence-electron chi connectivity index (χ2n) is 5.15. The molecule has 0 aliphatic rings. The van der Waals surface area contributed by atoms with Crippen LogP contribution in [0.4, 0.5) is 0 Å². The molecule has 0 aromatic carbocycles. The molecule has 0 aromatic rings. The van der Waals surface area contributed by atoms with Crippen molar-refractivity contribution < 1.29 is 0 Å². The minimum atomic E-state index is -0.178. The van der Waals surface area contributed by atoms with Gasteiger partial charge in [-0.25, -0.2) is 0 Å². The van der Waals surface area contributed by atoms with Crippen LogP contribution in [-0.2, 0) is 0 Å². The average molecular weight is 210 g/mol. The van der Waals surface area contributed by atoms with E-state index in [1.54, 1.807) is 0 Å². The number of rotatable bonds is 7. The van der Waals surface area contributed by atoms with Gasteiger partial charge in [-0.3, -0.25) is 0 Å². The lowest BCUT2D eigenvalue weighted by molar-refractivity contribution is 0.221. The summed E-state index contributed by atoms with van der Waals surface area (Å²) in [5.74, 6) is 0.759. The molecule has 2 heteroatoms. The van der Waals surface area contributed by atoms with E-state index in [4.69, 9.17) is 5.26 Å². The molecule has 1 unspecified atom stereocenters. The van der Waals surface area contributed by atoms with E-state index in [2.05, 4.69) is 31.7 Å². The molecule has 0 spiro atoms. The van der Waals surface area contributed by atoms with Crippen molar-refractivity contribution in [1.29, 1.82) is 5.26 Å². The SMILES string of the molecule is CCC(C)CN(CC)CCC(C)(C)C#N. The van der Waals surface area contributed by atoms with E-state index in [9.17, 15) is 0 Å². The molecular formula is C13H26N2. The van der Waals surface area contributed by atoms with Crippen molar-refractivity contribution in [3.8, 4) is 6.07 Å². The lowest BCUT2D eigenvalue weighted by Crippen LogP contribution is -2.31. The van der Waals surface area contributed by atoms with Crippen molar-refractivity contribution in [2.75, 3.05) is 19.6 Å². The van der Waals surface area contributed by atoms with Crippen molar-refractivity contribution in [3.63, 3.8) is 0 Å². The Labute approximate surface area is 95.3 Å². The van der Waals surface area contributed by atoms with Gasteiger partial charge in [-0.15, -0.1) is 0 Å². The zero-order valence-corrected chi connectivity index (χ0v) is 11.0. The van der Waals surface area contributed by atoms with E-state index in [-0.39, 0.29) is 5.41 Å². The van der Waals surface area contributed by atoms with Crippen molar-refractivity contribution in [1.82, 2.24) is 4.90 Å². The first-order valence-electron chi connectivity index (χ1n) is 6.08. The molecule has 0 saturated heterocycles. The topological polar surface area (TPSA) is 27.0 Å². The Morgan fingerprint density at radius 1 is 1.33 bits per heavy atom. The van der Waals surface area contributed by atoms with Gasteiger partial charge in [0.1, 0.15) is 0 Å². The average Bonchev–Trinajstić information content (AvgIpc) is 2.23. The molecule has 0 amide bonds. The number of hydrogen-bond donors (Lipinski definition) is 0. The van der Waals surface area contributed by atoms with Crippen molar-refractivity contribution in [2.45, 2.75) is 47.5 Å². The van der Waals surface area contributed by atoms with Gasteiger partial charge in [0.2, 0.25) is 0 Å². The van der Waals surface area contributed by atoms with E-state index in [1.165, 1.54) is 6.42 Å². The van der Waals surface area contributed by atoms with Gasteiger partial charge in [0.25, 0.3) is 0 Å². The van der Waals surface area contributed by atoms with Gasteiger partial charge in [0.15, 0.2) is 0 Å². The first-order chi connectivity index (χ1) is 6.95. The highest BCUT2D eigenvalue weighted by atomic mass is 15.1. The maximum atomic E-state index is 8.94. The molecular weight excluding hydrogens is 184 g/mol. The summed E-state index contributed by atoms with van der Waals surface area (Å²) in [7, 11) is 0. The van der Waals surface area contributed by atoms with Crippen LogP contribution < -0.4 is 0 Å². The smallest absolute Gasteiger partial charge is 0.0684 e. The normalized spacial score (nSPS) is 13.9. The summed E-state index contributed by atoms with van der Waals surface area (Å²) in [6, 6.07) is 2.36. The van der Waals surface area contributed by atoms with Crippen LogP contribution in [0.15, 0.2) is 0 Å². The second kappa shape index (κ2) is 6.85. The molecule has 0 rings (SSSR count). The van der Waals surface area contributed by atoms with Crippen LogP contribution in [0, 0.1) is 22.7 Å². The van der Waals surface area contributed by atoms with Crippen LogP contribution >= 0.6 is 0 Å². The van der Waals surface area contributed by atoms with Crippen LogP contribution in [0.5, 0.6) is 0 Å². The Kier molecular flexibility index (Phi) is 6.60. The largest absolute Gasteiger partial charge is 0.303 e. The molecule has 15 heavy (non-hydrogen) atoms. The van der Waals surface area contributed by atoms with Gasteiger partial charge in [-0.2, -0.15) is 5.26 Å². The number of nitrogens with zero attached hydrogens (tertiary/aromatic N) is 2. The lowest BCUT2D eigenvalue weighted by Gasteiger charge is -2.26. The number of hydrogen-bond acceptors (Lipinski definition) is 2. The Bertz CT molecular complexity index is 203. The van der Waals surface area contributed by atoms with Gasteiger partial charge in [-0.05, 0) is 39.3 Å². The molecule has 2 nitrogen and oxygen atoms in total. The lowest BCUT2D eigenvalue weighted by atomic mass is 9.91. The molecule has 0 aliphatic carbocycles. The minimum Gasteiger partial charge on any atom is -0.303 e. The first-order valence-corrected chi connectivity index (χ1v) is 6.08. The third-order valence-electron chi connectivity index (χ3n) is 3.07. The highest BCUT2D eigenvalue weighted by Crippen LogP contribution is 2.19. The quantitative estimate of drug-likeness (QED) is 0.644. The summed E-state index contributed by atoms with van der Waals surface area (Å²) < 4.78 is 0. The fourth-order valence-electron chi connectivity index (χ4n) is 1.44. The zero-order valence-electron chi connectivity index (χ0n) is 11.0. The molecule has 0 N–H and O–H groups in total. The zero-order chi connectivity index (χ0) is 11.9. The van der Waals surface area contributed by atoms with E-state index >= 15 is 0 Å². The molecule has 0 heterocycles. The van der Waals surface area contributed by atoms with Crippen LogP contribution in [0.25, 0.3) is 0 Å². The van der Waals surface area contributed by atoms with Crippen LogP contribution in [0.3, 0.4) is 0 Å². The Morgan fingerprint density at radius 3 is 2.33 bits per heavy atom. The van der Waals surface area contributed by atoms with Gasteiger partial charge < -0.3 is 4.90 Å². The van der Waals surface area contributed by atoms with E-state index in [0.29, 0.717) is 0 Å². The maximum Gasteiger partial charge on any atom is 0.0684 e. The molecule has 0 fully saturated rings. The van der Waals surface area contributed by atoms with E-state index < -0.39 is 0 Å². The fraction of sp³-hybridized carbons (Fsp3) is 0.923. The van der Waals surface area contributed by atoms with Gasteiger partial charge in [0, 0.05) is 6.54 Å². The second-order valence-corrected chi connectivity index (χ2v) is 5.15. The minimum absolute atomic E-state index is 0.178. The molecule has 0 aromatic heterocycles. The molecule has 88 valence electrons. The predicted molar refractivity (Wildman–Crippen MR) is 65.6 cm³/mol. The summed E-state index contributed by atoms with van der Waals surface area (Å²) in [5, 5.41) is 8.94. The van der Waals surface area contributed by atoms with Gasteiger partial charge >= 0.3 is 0 Å². The van der Waals surface area contributed by atoms with Crippen LogP contribution in [-0.4, -0.2) is 24.5 Å². The van der Waals surface area contributed by atoms with Gasteiger partial charge in [0.05, 0.1) is 11.5 Å². The summed E-state index contributed by atoms with van der Waals surface area (Å²) >= 11 is 0. The van der Waals surface area contributed by atoms with Crippen molar-refractivity contribution in [2.24, 2.45) is 11.3 Å². The Hall–Kier alpha value is -0.550. The maximum absolute atomic E-state index is 8.94. The summed E-state index contributed by atoms with van der Waals surface area (Å²) in [5.41, 5.74) is -0.178. The molecule has 0 aliphatic heterocycles. The van der Waals surface area contributed by atoms with E-state index in [0.717, 1.165) is 32.0 Å². The Balaban J connectivity index is 3.96. The third-order valence-corrected chi connectivity index (χ3v) is 3.07. The predicted octanol–water partition coefficient (Wildman–Crippen LogP) is 3.29. The molecule has 0 bridgehead atoms. The number of nitriles is 1. The van der Waals surface area contributed by atoms with Crippen LogP contribution in [0.1, 0.15) is 47.5 Å². The summed E-state index contributed by atoms with van der Waals surface area (Å²) in [6.07, 6.45) is 2.20. The monoisotopic (exact) mass is 210 g/mol. The van der Waals surface area contributed by atoms with Gasteiger partial charge in [-0.1, -0.05) is 27.2 Å². The third kappa shape index (κ3) is 6.52. The van der Waals surface area contributed by atoms with Crippen LogP contribution in [0.2, 0.25) is 0 Å². The molecule has 0 radical (unpaired) electrons. The Morgan fingerprint density at radius 2 is 1.93 bits per heavy atom.